The fraction of sp³-hybridized carbons (Fsp3) is 0.276. The van der Waals surface area contributed by atoms with Gasteiger partial charge in [-0.05, 0) is 41.0 Å². The number of carbonyl (C=O) groups is 2. The van der Waals surface area contributed by atoms with Gasteiger partial charge in [-0.15, -0.1) is 21.5 Å². The van der Waals surface area contributed by atoms with Crippen LogP contribution in [0.4, 0.5) is 5.69 Å². The number of benzene rings is 3. The molecule has 2 aromatic heterocycles. The molecule has 5 rings (SSSR count). The minimum absolute atomic E-state index is 0.0201. The smallest absolute Gasteiger partial charge is 0.234 e. The van der Waals surface area contributed by atoms with Crippen LogP contribution < -0.4 is 10.6 Å². The molecule has 40 heavy (non-hydrogen) atoms. The van der Waals surface area contributed by atoms with Crippen molar-refractivity contribution in [3.63, 3.8) is 0 Å². The van der Waals surface area contributed by atoms with Crippen molar-refractivity contribution < 1.29 is 9.59 Å². The molecular formula is C29H30N6O2S3. The summed E-state index contributed by atoms with van der Waals surface area (Å²) < 4.78 is 3.75. The highest BCUT2D eigenvalue weighted by Gasteiger charge is 2.14. The molecule has 2 amide bonds. The van der Waals surface area contributed by atoms with E-state index in [1.165, 1.54) is 51.2 Å². The molecule has 2 N–H and O–H groups in total. The Labute approximate surface area is 245 Å². The van der Waals surface area contributed by atoms with Crippen LogP contribution in [0.3, 0.4) is 0 Å². The maximum Gasteiger partial charge on any atom is 0.234 e. The van der Waals surface area contributed by atoms with Crippen molar-refractivity contribution in [3.05, 3.63) is 72.1 Å². The van der Waals surface area contributed by atoms with Gasteiger partial charge in [-0.2, -0.15) is 0 Å². The zero-order valence-corrected chi connectivity index (χ0v) is 24.8. The van der Waals surface area contributed by atoms with Gasteiger partial charge in [0, 0.05) is 25.7 Å². The SMILES string of the molecule is CCCCNC(=O)CSc1nc2ccc(NC(=O)CSc3nnc(Cc4cccc5ccccc45)n3C)cc2s1. The Morgan fingerprint density at radius 1 is 0.975 bits per heavy atom. The first kappa shape index (κ1) is 28.1. The van der Waals surface area contributed by atoms with E-state index >= 15 is 0 Å². The first-order valence-corrected chi connectivity index (χ1v) is 15.9. The van der Waals surface area contributed by atoms with E-state index in [1.54, 1.807) is 0 Å². The highest BCUT2D eigenvalue weighted by Crippen LogP contribution is 2.31. The number of rotatable bonds is 12. The Hall–Kier alpha value is -3.41. The minimum Gasteiger partial charge on any atom is -0.355 e. The number of hydrogen-bond donors (Lipinski definition) is 2. The zero-order chi connectivity index (χ0) is 27.9. The summed E-state index contributed by atoms with van der Waals surface area (Å²) in [5, 5.41) is 17.7. The average molecular weight is 591 g/mol. The summed E-state index contributed by atoms with van der Waals surface area (Å²) in [6, 6.07) is 20.3. The number of thiazole rings is 1. The van der Waals surface area contributed by atoms with Gasteiger partial charge in [-0.1, -0.05) is 79.3 Å². The number of carbonyl (C=O) groups excluding carboxylic acids is 2. The van der Waals surface area contributed by atoms with E-state index in [4.69, 9.17) is 0 Å². The number of nitrogens with zero attached hydrogens (tertiary/aromatic N) is 4. The second kappa shape index (κ2) is 13.3. The van der Waals surface area contributed by atoms with Gasteiger partial charge in [0.05, 0.1) is 21.7 Å². The predicted octanol–water partition coefficient (Wildman–Crippen LogP) is 5.91. The van der Waals surface area contributed by atoms with Gasteiger partial charge in [0.2, 0.25) is 11.8 Å². The molecule has 3 aromatic carbocycles. The van der Waals surface area contributed by atoms with Crippen LogP contribution in [0.2, 0.25) is 0 Å². The quantitative estimate of drug-likeness (QED) is 0.138. The van der Waals surface area contributed by atoms with Crippen molar-refractivity contribution in [3.8, 4) is 0 Å². The van der Waals surface area contributed by atoms with Gasteiger partial charge in [0.25, 0.3) is 0 Å². The van der Waals surface area contributed by atoms with E-state index in [9.17, 15) is 9.59 Å². The first-order chi connectivity index (χ1) is 19.5. The number of aromatic nitrogens is 4. The number of amides is 2. The third-order valence-electron chi connectivity index (χ3n) is 6.32. The zero-order valence-electron chi connectivity index (χ0n) is 22.3. The number of hydrogen-bond acceptors (Lipinski definition) is 8. The third-order valence-corrected chi connectivity index (χ3v) is 9.50. The Morgan fingerprint density at radius 3 is 2.67 bits per heavy atom. The van der Waals surface area contributed by atoms with Crippen LogP contribution in [0.25, 0.3) is 21.0 Å². The molecule has 0 fully saturated rings. The number of unbranched alkanes of at least 4 members (excludes halogenated alkanes) is 1. The second-order valence-electron chi connectivity index (χ2n) is 9.26. The Kier molecular flexibility index (Phi) is 9.35. The van der Waals surface area contributed by atoms with Gasteiger partial charge in [0.15, 0.2) is 9.50 Å². The summed E-state index contributed by atoms with van der Waals surface area (Å²) >= 11 is 4.31. The Bertz CT molecular complexity index is 1640. The van der Waals surface area contributed by atoms with Crippen molar-refractivity contribution in [2.24, 2.45) is 7.05 Å². The van der Waals surface area contributed by atoms with Crippen molar-refractivity contribution in [2.75, 3.05) is 23.4 Å². The molecular weight excluding hydrogens is 561 g/mol. The largest absolute Gasteiger partial charge is 0.355 e. The predicted molar refractivity (Wildman–Crippen MR) is 165 cm³/mol. The molecule has 0 aliphatic heterocycles. The average Bonchev–Trinajstić information content (AvgIpc) is 3.53. The number of anilines is 1. The molecule has 0 aliphatic carbocycles. The Morgan fingerprint density at radius 2 is 1.80 bits per heavy atom. The molecule has 5 aromatic rings. The van der Waals surface area contributed by atoms with Crippen LogP contribution in [0.5, 0.6) is 0 Å². The van der Waals surface area contributed by atoms with Gasteiger partial charge in [-0.25, -0.2) is 4.98 Å². The third kappa shape index (κ3) is 7.01. The van der Waals surface area contributed by atoms with E-state index in [0.717, 1.165) is 33.2 Å². The molecule has 2 heterocycles. The minimum atomic E-state index is -0.120. The van der Waals surface area contributed by atoms with Crippen molar-refractivity contribution in [1.29, 1.82) is 0 Å². The molecule has 0 aliphatic rings. The second-order valence-corrected chi connectivity index (χ2v) is 12.5. The van der Waals surface area contributed by atoms with Crippen LogP contribution in [0.15, 0.2) is 70.2 Å². The van der Waals surface area contributed by atoms with Crippen LogP contribution >= 0.6 is 34.9 Å². The first-order valence-electron chi connectivity index (χ1n) is 13.1. The highest BCUT2D eigenvalue weighted by molar-refractivity contribution is 8.01. The van der Waals surface area contributed by atoms with E-state index in [0.29, 0.717) is 29.6 Å². The van der Waals surface area contributed by atoms with Gasteiger partial charge in [-0.3, -0.25) is 9.59 Å². The van der Waals surface area contributed by atoms with Gasteiger partial charge in [0.1, 0.15) is 5.82 Å². The van der Waals surface area contributed by atoms with Crippen LogP contribution in [-0.2, 0) is 23.1 Å². The summed E-state index contributed by atoms with van der Waals surface area (Å²) in [6.07, 6.45) is 2.70. The molecule has 0 atom stereocenters. The van der Waals surface area contributed by atoms with Crippen LogP contribution in [0.1, 0.15) is 31.2 Å². The molecule has 8 nitrogen and oxygen atoms in total. The monoisotopic (exact) mass is 590 g/mol. The molecule has 11 heteroatoms. The number of nitrogens with one attached hydrogen (secondary N) is 2. The molecule has 0 bridgehead atoms. The van der Waals surface area contributed by atoms with E-state index in [1.807, 2.05) is 41.9 Å². The molecule has 0 unspecified atom stereocenters. The van der Waals surface area contributed by atoms with Crippen LogP contribution in [-0.4, -0.2) is 49.6 Å². The standard InChI is InChI=1S/C29H30N6O2S3/c1-3-4-14-30-26(36)17-39-29-32-23-13-12-21(16-24(23)40-29)31-27(37)18-38-28-34-33-25(35(28)2)15-20-10-7-9-19-8-5-6-11-22(19)20/h5-13,16H,3-4,14-15,17-18H2,1-2H3,(H,30,36)(H,31,37). The van der Waals surface area contributed by atoms with Crippen LogP contribution in [0, 0.1) is 0 Å². The maximum atomic E-state index is 12.7. The Balaban J connectivity index is 1.15. The summed E-state index contributed by atoms with van der Waals surface area (Å²) in [5.74, 6) is 1.31. The lowest BCUT2D eigenvalue weighted by molar-refractivity contribution is -0.118. The fourth-order valence-corrected chi connectivity index (χ4v) is 6.86. The summed E-state index contributed by atoms with van der Waals surface area (Å²) in [4.78, 5) is 29.3. The maximum absolute atomic E-state index is 12.7. The van der Waals surface area contributed by atoms with Crippen molar-refractivity contribution >= 4 is 73.4 Å². The highest BCUT2D eigenvalue weighted by atomic mass is 32.2. The van der Waals surface area contributed by atoms with E-state index in [-0.39, 0.29) is 17.6 Å². The lowest BCUT2D eigenvalue weighted by Crippen LogP contribution is -2.25. The molecule has 0 saturated carbocycles. The summed E-state index contributed by atoms with van der Waals surface area (Å²) in [7, 11) is 1.93. The van der Waals surface area contributed by atoms with Gasteiger partial charge < -0.3 is 15.2 Å². The molecule has 206 valence electrons. The number of thioether (sulfide) groups is 2. The molecule has 0 radical (unpaired) electrons. The van der Waals surface area contributed by atoms with Crippen molar-refractivity contribution in [1.82, 2.24) is 25.1 Å². The van der Waals surface area contributed by atoms with Gasteiger partial charge >= 0.3 is 0 Å². The summed E-state index contributed by atoms with van der Waals surface area (Å²) in [5.41, 5.74) is 2.76. The van der Waals surface area contributed by atoms with E-state index < -0.39 is 0 Å². The lowest BCUT2D eigenvalue weighted by atomic mass is 10.0. The lowest BCUT2D eigenvalue weighted by Gasteiger charge is -2.07. The molecule has 0 saturated heterocycles. The van der Waals surface area contributed by atoms with Crippen molar-refractivity contribution in [2.45, 2.75) is 35.7 Å². The van der Waals surface area contributed by atoms with E-state index in [2.05, 4.69) is 63.1 Å². The fourth-order valence-electron chi connectivity index (χ4n) is 4.19. The normalized spacial score (nSPS) is 11.2. The number of fused-ring (bicyclic) bond motifs is 2. The topological polar surface area (TPSA) is 102 Å². The molecule has 0 spiro atoms. The summed E-state index contributed by atoms with van der Waals surface area (Å²) in [6.45, 7) is 2.80.